The first-order valence-corrected chi connectivity index (χ1v) is 7.55. The van der Waals surface area contributed by atoms with E-state index in [0.717, 1.165) is 5.56 Å². The van der Waals surface area contributed by atoms with Gasteiger partial charge in [-0.05, 0) is 25.0 Å². The summed E-state index contributed by atoms with van der Waals surface area (Å²) < 4.78 is 23.0. The highest BCUT2D eigenvalue weighted by molar-refractivity contribution is 7.91. The molecule has 0 spiro atoms. The number of nitrogens with zero attached hydrogens (tertiary/aromatic N) is 3. The van der Waals surface area contributed by atoms with E-state index in [9.17, 15) is 8.42 Å². The molecule has 1 aliphatic heterocycles. The summed E-state index contributed by atoms with van der Waals surface area (Å²) in [7, 11) is -1.13. The minimum Gasteiger partial charge on any atom is -0.355 e. The number of pyridine rings is 1. The Bertz CT molecular complexity index is 604. The Balaban J connectivity index is 2.33. The van der Waals surface area contributed by atoms with Gasteiger partial charge in [-0.25, -0.2) is 13.4 Å². The summed E-state index contributed by atoms with van der Waals surface area (Å²) in [6, 6.07) is 3.83. The van der Waals surface area contributed by atoms with Gasteiger partial charge in [0.15, 0.2) is 9.84 Å². The number of rotatable bonds is 2. The summed E-state index contributed by atoms with van der Waals surface area (Å²) in [5.74, 6) is 0.930. The fourth-order valence-electron chi connectivity index (χ4n) is 2.20. The number of anilines is 1. The van der Waals surface area contributed by atoms with E-state index in [1.807, 2.05) is 11.8 Å². The standard InChI is InChI=1S/C12H15N3O2S/c1-9-3-5-14-12(11(9)7-13)15(2)10-4-6-18(16,17)8-10/h3,5,10H,4,6,8H2,1-2H3. The molecule has 1 saturated heterocycles. The molecule has 2 rings (SSSR count). The van der Waals surface area contributed by atoms with Gasteiger partial charge in [-0.1, -0.05) is 0 Å². The SMILES string of the molecule is Cc1ccnc(N(C)C2CCS(=O)(=O)C2)c1C#N. The lowest BCUT2D eigenvalue weighted by atomic mass is 10.1. The lowest BCUT2D eigenvalue weighted by molar-refractivity contribution is 0.600. The highest BCUT2D eigenvalue weighted by Crippen LogP contribution is 2.25. The van der Waals surface area contributed by atoms with Crippen LogP contribution < -0.4 is 4.90 Å². The topological polar surface area (TPSA) is 74.1 Å². The van der Waals surface area contributed by atoms with Gasteiger partial charge >= 0.3 is 0 Å². The molecular weight excluding hydrogens is 250 g/mol. The zero-order valence-electron chi connectivity index (χ0n) is 10.4. The first kappa shape index (κ1) is 12.8. The van der Waals surface area contributed by atoms with Crippen LogP contribution >= 0.6 is 0 Å². The van der Waals surface area contributed by atoms with Crippen molar-refractivity contribution < 1.29 is 8.42 Å². The van der Waals surface area contributed by atoms with E-state index in [1.54, 1.807) is 19.3 Å². The fourth-order valence-corrected chi connectivity index (χ4v) is 3.98. The molecule has 0 aromatic carbocycles. The van der Waals surface area contributed by atoms with Crippen molar-refractivity contribution >= 4 is 15.7 Å². The third-order valence-electron chi connectivity index (χ3n) is 3.34. The van der Waals surface area contributed by atoms with E-state index in [0.29, 0.717) is 17.8 Å². The first-order chi connectivity index (χ1) is 8.44. The molecule has 6 heteroatoms. The Morgan fingerprint density at radius 2 is 2.28 bits per heavy atom. The quantitative estimate of drug-likeness (QED) is 0.793. The summed E-state index contributed by atoms with van der Waals surface area (Å²) in [4.78, 5) is 6.03. The van der Waals surface area contributed by atoms with Gasteiger partial charge in [0.2, 0.25) is 0 Å². The van der Waals surface area contributed by atoms with E-state index in [1.165, 1.54) is 0 Å². The van der Waals surface area contributed by atoms with Crippen molar-refractivity contribution in [2.24, 2.45) is 0 Å². The Morgan fingerprint density at radius 3 is 2.83 bits per heavy atom. The van der Waals surface area contributed by atoms with Crippen LogP contribution in [0, 0.1) is 18.3 Å². The van der Waals surface area contributed by atoms with Crippen molar-refractivity contribution in [1.29, 1.82) is 5.26 Å². The molecule has 1 fully saturated rings. The zero-order valence-corrected chi connectivity index (χ0v) is 11.2. The molecule has 96 valence electrons. The summed E-state index contributed by atoms with van der Waals surface area (Å²) in [6.45, 7) is 1.85. The maximum atomic E-state index is 11.5. The summed E-state index contributed by atoms with van der Waals surface area (Å²) in [5, 5.41) is 9.16. The summed E-state index contributed by atoms with van der Waals surface area (Å²) in [6.07, 6.45) is 2.24. The highest BCUT2D eigenvalue weighted by Gasteiger charge is 2.32. The average Bonchev–Trinajstić information content (AvgIpc) is 2.68. The van der Waals surface area contributed by atoms with E-state index in [4.69, 9.17) is 5.26 Å². The second-order valence-electron chi connectivity index (χ2n) is 4.61. The molecule has 1 aliphatic rings. The van der Waals surface area contributed by atoms with Crippen molar-refractivity contribution in [2.75, 3.05) is 23.5 Å². The minimum absolute atomic E-state index is 0.0867. The van der Waals surface area contributed by atoms with Gasteiger partial charge in [0.1, 0.15) is 11.9 Å². The van der Waals surface area contributed by atoms with Gasteiger partial charge in [0.25, 0.3) is 0 Å². The van der Waals surface area contributed by atoms with Crippen molar-refractivity contribution in [3.8, 4) is 6.07 Å². The predicted octanol–water partition coefficient (Wildman–Crippen LogP) is 0.885. The number of hydrogen-bond acceptors (Lipinski definition) is 5. The molecule has 0 bridgehead atoms. The molecule has 0 amide bonds. The van der Waals surface area contributed by atoms with Crippen LogP contribution in [0.2, 0.25) is 0 Å². The molecule has 1 unspecified atom stereocenters. The van der Waals surface area contributed by atoms with Crippen molar-refractivity contribution in [3.63, 3.8) is 0 Å². The highest BCUT2D eigenvalue weighted by atomic mass is 32.2. The maximum Gasteiger partial charge on any atom is 0.152 e. The minimum atomic E-state index is -2.93. The van der Waals surface area contributed by atoms with Crippen LogP contribution in [-0.2, 0) is 9.84 Å². The monoisotopic (exact) mass is 265 g/mol. The van der Waals surface area contributed by atoms with Crippen molar-refractivity contribution in [3.05, 3.63) is 23.4 Å². The average molecular weight is 265 g/mol. The molecule has 1 aromatic heterocycles. The number of aromatic nitrogens is 1. The van der Waals surface area contributed by atoms with Crippen LogP contribution in [0.5, 0.6) is 0 Å². The largest absolute Gasteiger partial charge is 0.355 e. The number of sulfone groups is 1. The third kappa shape index (κ3) is 2.31. The van der Waals surface area contributed by atoms with Crippen LogP contribution in [0.1, 0.15) is 17.5 Å². The van der Waals surface area contributed by atoms with Gasteiger partial charge in [-0.15, -0.1) is 0 Å². The molecular formula is C12H15N3O2S. The number of hydrogen-bond donors (Lipinski definition) is 0. The first-order valence-electron chi connectivity index (χ1n) is 5.73. The third-order valence-corrected chi connectivity index (χ3v) is 5.09. The Labute approximate surface area is 107 Å². The maximum absolute atomic E-state index is 11.5. The fraction of sp³-hybridized carbons (Fsp3) is 0.500. The van der Waals surface area contributed by atoms with Crippen LogP contribution in [0.15, 0.2) is 12.3 Å². The van der Waals surface area contributed by atoms with Crippen LogP contribution in [0.3, 0.4) is 0 Å². The van der Waals surface area contributed by atoms with Gasteiger partial charge in [-0.3, -0.25) is 0 Å². The van der Waals surface area contributed by atoms with Gasteiger partial charge < -0.3 is 4.90 Å². The molecule has 1 atom stereocenters. The number of aryl methyl sites for hydroxylation is 1. The second kappa shape index (κ2) is 4.58. The smallest absolute Gasteiger partial charge is 0.152 e. The molecule has 5 nitrogen and oxygen atoms in total. The van der Waals surface area contributed by atoms with Crippen LogP contribution in [0.4, 0.5) is 5.82 Å². The van der Waals surface area contributed by atoms with Gasteiger partial charge in [0.05, 0.1) is 17.1 Å². The molecule has 0 N–H and O–H groups in total. The zero-order chi connectivity index (χ0) is 13.3. The Morgan fingerprint density at radius 1 is 1.56 bits per heavy atom. The summed E-state index contributed by atoms with van der Waals surface area (Å²) >= 11 is 0. The second-order valence-corrected chi connectivity index (χ2v) is 6.83. The molecule has 2 heterocycles. The van der Waals surface area contributed by atoms with E-state index in [2.05, 4.69) is 11.1 Å². The van der Waals surface area contributed by atoms with Crippen molar-refractivity contribution in [2.45, 2.75) is 19.4 Å². The number of nitriles is 1. The molecule has 1 aromatic rings. The molecule has 0 aliphatic carbocycles. The van der Waals surface area contributed by atoms with E-state index in [-0.39, 0.29) is 17.5 Å². The van der Waals surface area contributed by atoms with Crippen LogP contribution in [0.25, 0.3) is 0 Å². The lowest BCUT2D eigenvalue weighted by Gasteiger charge is -2.25. The normalized spacial score (nSPS) is 21.5. The lowest BCUT2D eigenvalue weighted by Crippen LogP contribution is -2.33. The van der Waals surface area contributed by atoms with Gasteiger partial charge in [0, 0.05) is 19.3 Å². The molecule has 0 radical (unpaired) electrons. The van der Waals surface area contributed by atoms with E-state index < -0.39 is 9.84 Å². The van der Waals surface area contributed by atoms with Crippen molar-refractivity contribution in [1.82, 2.24) is 4.98 Å². The Hall–Kier alpha value is -1.61. The van der Waals surface area contributed by atoms with Crippen LogP contribution in [-0.4, -0.2) is 38.0 Å². The van der Waals surface area contributed by atoms with Gasteiger partial charge in [-0.2, -0.15) is 5.26 Å². The molecule has 0 saturated carbocycles. The summed E-state index contributed by atoms with van der Waals surface area (Å²) in [5.41, 5.74) is 1.37. The van der Waals surface area contributed by atoms with E-state index >= 15 is 0 Å². The molecule has 18 heavy (non-hydrogen) atoms. The Kier molecular flexibility index (Phi) is 3.26. The predicted molar refractivity (Wildman–Crippen MR) is 69.2 cm³/mol.